The molecular formula is C15H21NO4. The van der Waals surface area contributed by atoms with E-state index in [4.69, 9.17) is 14.2 Å². The Bertz CT molecular complexity index is 515. The van der Waals surface area contributed by atoms with Crippen molar-refractivity contribution in [2.45, 2.75) is 31.9 Å². The summed E-state index contributed by atoms with van der Waals surface area (Å²) in [6.45, 7) is 3.03. The fourth-order valence-electron chi connectivity index (χ4n) is 3.15. The van der Waals surface area contributed by atoms with E-state index in [0.29, 0.717) is 12.2 Å². The van der Waals surface area contributed by atoms with Gasteiger partial charge in [0, 0.05) is 18.2 Å². The molecule has 0 bridgehead atoms. The number of methoxy groups -OCH3 is 1. The Balaban J connectivity index is 2.12. The second-order valence-corrected chi connectivity index (χ2v) is 5.55. The molecule has 0 amide bonds. The average Bonchev–Trinajstić information content (AvgIpc) is 2.87. The summed E-state index contributed by atoms with van der Waals surface area (Å²) in [4.78, 5) is 2.26. The lowest BCUT2D eigenvalue weighted by Gasteiger charge is -2.36. The first-order valence-electron chi connectivity index (χ1n) is 6.99. The topological polar surface area (TPSA) is 51.2 Å². The summed E-state index contributed by atoms with van der Waals surface area (Å²) < 4.78 is 16.6. The first kappa shape index (κ1) is 13.5. The summed E-state index contributed by atoms with van der Waals surface area (Å²) in [5.41, 5.74) is 2.36. The van der Waals surface area contributed by atoms with Gasteiger partial charge in [0.15, 0.2) is 11.5 Å². The monoisotopic (exact) mass is 279 g/mol. The van der Waals surface area contributed by atoms with Gasteiger partial charge in [0.05, 0.1) is 13.2 Å². The van der Waals surface area contributed by atoms with Crippen LogP contribution in [0.5, 0.6) is 17.2 Å². The van der Waals surface area contributed by atoms with E-state index in [1.54, 1.807) is 7.11 Å². The Morgan fingerprint density at radius 2 is 2.30 bits per heavy atom. The molecule has 2 atom stereocenters. The standard InChI is InChI=1S/C15H21NO4/c1-9(17)6-11-13-10(4-5-16(11)2)7-12-14(15(13)18-3)20-8-19-12/h7,9,11,17H,4-6,8H2,1-3H3/t9-,11+/m0/s1. The van der Waals surface area contributed by atoms with E-state index in [-0.39, 0.29) is 18.9 Å². The molecule has 0 saturated heterocycles. The van der Waals surface area contributed by atoms with Crippen LogP contribution in [0.3, 0.4) is 0 Å². The number of hydrogen-bond donors (Lipinski definition) is 1. The van der Waals surface area contributed by atoms with Crippen molar-refractivity contribution < 1.29 is 19.3 Å². The van der Waals surface area contributed by atoms with Gasteiger partial charge in [-0.3, -0.25) is 4.90 Å². The third kappa shape index (κ3) is 2.11. The Labute approximate surface area is 119 Å². The maximum Gasteiger partial charge on any atom is 0.231 e. The number of benzene rings is 1. The van der Waals surface area contributed by atoms with Crippen LogP contribution in [0.1, 0.15) is 30.5 Å². The van der Waals surface area contributed by atoms with Gasteiger partial charge in [-0.25, -0.2) is 0 Å². The first-order valence-corrected chi connectivity index (χ1v) is 6.99. The van der Waals surface area contributed by atoms with Gasteiger partial charge in [0.25, 0.3) is 0 Å². The van der Waals surface area contributed by atoms with Crippen molar-refractivity contribution in [3.8, 4) is 17.2 Å². The Hall–Kier alpha value is -1.46. The summed E-state index contributed by atoms with van der Waals surface area (Å²) in [6, 6.07) is 2.20. The SMILES string of the molecule is COc1c2c(cc3c1[C@@H](C[C@H](C)O)N(C)CC3)OCO2. The second kappa shape index (κ2) is 5.14. The van der Waals surface area contributed by atoms with Crippen LogP contribution in [0.4, 0.5) is 0 Å². The Morgan fingerprint density at radius 1 is 1.50 bits per heavy atom. The quantitative estimate of drug-likeness (QED) is 0.913. The molecule has 5 nitrogen and oxygen atoms in total. The number of rotatable bonds is 3. The molecule has 0 unspecified atom stereocenters. The average molecular weight is 279 g/mol. The van der Waals surface area contributed by atoms with Crippen LogP contribution in [0.25, 0.3) is 0 Å². The van der Waals surface area contributed by atoms with Crippen molar-refractivity contribution in [1.29, 1.82) is 0 Å². The zero-order valence-corrected chi connectivity index (χ0v) is 12.2. The van der Waals surface area contributed by atoms with Crippen LogP contribution in [0, 0.1) is 0 Å². The Kier molecular flexibility index (Phi) is 3.48. The summed E-state index contributed by atoms with van der Waals surface area (Å²) in [5.74, 6) is 2.21. The molecular weight excluding hydrogens is 258 g/mol. The van der Waals surface area contributed by atoms with E-state index in [2.05, 4.69) is 18.0 Å². The first-order chi connectivity index (χ1) is 9.61. The zero-order chi connectivity index (χ0) is 14.3. The highest BCUT2D eigenvalue weighted by Crippen LogP contribution is 2.50. The van der Waals surface area contributed by atoms with Crippen molar-refractivity contribution in [2.75, 3.05) is 27.5 Å². The molecule has 0 spiro atoms. The highest BCUT2D eigenvalue weighted by molar-refractivity contribution is 5.61. The minimum absolute atomic E-state index is 0.142. The van der Waals surface area contributed by atoms with Gasteiger partial charge in [0.2, 0.25) is 12.5 Å². The van der Waals surface area contributed by atoms with E-state index in [0.717, 1.165) is 30.0 Å². The highest BCUT2D eigenvalue weighted by atomic mass is 16.7. The van der Waals surface area contributed by atoms with Crippen LogP contribution in [0.15, 0.2) is 6.07 Å². The van der Waals surface area contributed by atoms with Crippen molar-refractivity contribution in [2.24, 2.45) is 0 Å². The third-order valence-corrected chi connectivity index (χ3v) is 4.11. The lowest BCUT2D eigenvalue weighted by Crippen LogP contribution is -2.34. The van der Waals surface area contributed by atoms with Crippen LogP contribution in [0.2, 0.25) is 0 Å². The van der Waals surface area contributed by atoms with Crippen LogP contribution >= 0.6 is 0 Å². The molecule has 0 saturated carbocycles. The normalized spacial score (nSPS) is 22.5. The van der Waals surface area contributed by atoms with Gasteiger partial charge in [0.1, 0.15) is 0 Å². The summed E-state index contributed by atoms with van der Waals surface area (Å²) >= 11 is 0. The number of hydrogen-bond acceptors (Lipinski definition) is 5. The molecule has 0 aliphatic carbocycles. The van der Waals surface area contributed by atoms with Gasteiger partial charge < -0.3 is 19.3 Å². The fraction of sp³-hybridized carbons (Fsp3) is 0.600. The van der Waals surface area contributed by atoms with Crippen LogP contribution in [-0.4, -0.2) is 43.6 Å². The lowest BCUT2D eigenvalue weighted by molar-refractivity contribution is 0.119. The molecule has 110 valence electrons. The third-order valence-electron chi connectivity index (χ3n) is 4.11. The van der Waals surface area contributed by atoms with Gasteiger partial charge >= 0.3 is 0 Å². The molecule has 5 heteroatoms. The van der Waals surface area contributed by atoms with Crippen molar-refractivity contribution in [3.63, 3.8) is 0 Å². The maximum absolute atomic E-state index is 9.78. The minimum atomic E-state index is -0.358. The molecule has 0 aromatic heterocycles. The van der Waals surface area contributed by atoms with Gasteiger partial charge in [-0.15, -0.1) is 0 Å². The number of nitrogens with zero attached hydrogens (tertiary/aromatic N) is 1. The minimum Gasteiger partial charge on any atom is -0.492 e. The highest BCUT2D eigenvalue weighted by Gasteiger charge is 2.34. The number of aliphatic hydroxyl groups is 1. The Morgan fingerprint density at radius 3 is 3.00 bits per heavy atom. The fourth-order valence-corrected chi connectivity index (χ4v) is 3.15. The number of likely N-dealkylation sites (N-methyl/N-ethyl adjacent to an activating group) is 1. The summed E-state index contributed by atoms with van der Waals surface area (Å²) in [5, 5.41) is 9.78. The number of ether oxygens (including phenoxy) is 3. The number of aliphatic hydroxyl groups excluding tert-OH is 1. The zero-order valence-electron chi connectivity index (χ0n) is 12.2. The van der Waals surface area contributed by atoms with E-state index in [1.165, 1.54) is 5.56 Å². The van der Waals surface area contributed by atoms with Crippen molar-refractivity contribution >= 4 is 0 Å². The lowest BCUT2D eigenvalue weighted by atomic mass is 9.88. The summed E-state index contributed by atoms with van der Waals surface area (Å²) in [7, 11) is 3.74. The van der Waals surface area contributed by atoms with E-state index >= 15 is 0 Å². The second-order valence-electron chi connectivity index (χ2n) is 5.55. The molecule has 3 rings (SSSR count). The van der Waals surface area contributed by atoms with E-state index < -0.39 is 0 Å². The van der Waals surface area contributed by atoms with Gasteiger partial charge in [-0.1, -0.05) is 0 Å². The maximum atomic E-state index is 9.78. The van der Waals surface area contributed by atoms with E-state index in [9.17, 15) is 5.11 Å². The molecule has 0 radical (unpaired) electrons. The van der Waals surface area contributed by atoms with E-state index in [1.807, 2.05) is 6.92 Å². The summed E-state index contributed by atoms with van der Waals surface area (Å²) in [6.07, 6.45) is 1.28. The van der Waals surface area contributed by atoms with Crippen molar-refractivity contribution in [3.05, 3.63) is 17.2 Å². The van der Waals surface area contributed by atoms with Crippen LogP contribution < -0.4 is 14.2 Å². The van der Waals surface area contributed by atoms with Crippen LogP contribution in [-0.2, 0) is 6.42 Å². The molecule has 2 aliphatic heterocycles. The molecule has 2 heterocycles. The predicted octanol–water partition coefficient (Wildman–Crippen LogP) is 1.72. The molecule has 20 heavy (non-hydrogen) atoms. The molecule has 1 N–H and O–H groups in total. The molecule has 0 fully saturated rings. The van der Waals surface area contributed by atoms with Gasteiger partial charge in [-0.05, 0) is 38.4 Å². The van der Waals surface area contributed by atoms with Crippen molar-refractivity contribution in [1.82, 2.24) is 4.90 Å². The molecule has 2 aliphatic rings. The van der Waals surface area contributed by atoms with Gasteiger partial charge in [-0.2, -0.15) is 0 Å². The molecule has 1 aromatic rings. The smallest absolute Gasteiger partial charge is 0.231 e. The largest absolute Gasteiger partial charge is 0.492 e. The number of fused-ring (bicyclic) bond motifs is 2. The molecule has 1 aromatic carbocycles. The predicted molar refractivity (Wildman–Crippen MR) is 74.5 cm³/mol.